The molecule has 0 radical (unpaired) electrons. The molecule has 0 spiro atoms. The fourth-order valence-corrected chi connectivity index (χ4v) is 2.83. The molecule has 0 unspecified atom stereocenters. The van der Waals surface area contributed by atoms with Crippen LogP contribution in [0.25, 0.3) is 0 Å². The van der Waals surface area contributed by atoms with Crippen molar-refractivity contribution >= 4 is 15.9 Å². The molecule has 1 amide bonds. The molecule has 0 aliphatic carbocycles. The zero-order valence-corrected chi connectivity index (χ0v) is 14.1. The van der Waals surface area contributed by atoms with Gasteiger partial charge in [0.15, 0.2) is 0 Å². The average molecular weight is 337 g/mol. The second-order valence-corrected chi connectivity index (χ2v) is 7.40. The van der Waals surface area contributed by atoms with Gasteiger partial charge in [0.1, 0.15) is 5.76 Å². The summed E-state index contributed by atoms with van der Waals surface area (Å²) in [5.41, 5.74) is 1.18. The van der Waals surface area contributed by atoms with Crippen molar-refractivity contribution in [3.63, 3.8) is 0 Å². The summed E-state index contributed by atoms with van der Waals surface area (Å²) in [6.07, 6.45) is 0.566. The monoisotopic (exact) mass is 337 g/mol. The van der Waals surface area contributed by atoms with E-state index in [-0.39, 0.29) is 10.8 Å². The number of aryl methyl sites for hydroxylation is 1. The van der Waals surface area contributed by atoms with Gasteiger partial charge in [0, 0.05) is 38.7 Å². The summed E-state index contributed by atoms with van der Waals surface area (Å²) in [4.78, 5) is 12.2. The van der Waals surface area contributed by atoms with Gasteiger partial charge in [-0.05, 0) is 31.2 Å². The lowest BCUT2D eigenvalue weighted by Gasteiger charge is -2.11. The van der Waals surface area contributed by atoms with Crippen LogP contribution < -0.4 is 5.32 Å². The highest BCUT2D eigenvalue weighted by atomic mass is 32.2. The first-order valence-electron chi connectivity index (χ1n) is 7.03. The maximum absolute atomic E-state index is 12.0. The van der Waals surface area contributed by atoms with Crippen molar-refractivity contribution < 1.29 is 17.7 Å². The number of nitrogens with zero attached hydrogens (tertiary/aromatic N) is 2. The number of benzene rings is 1. The van der Waals surface area contributed by atoms with Gasteiger partial charge >= 0.3 is 0 Å². The van der Waals surface area contributed by atoms with Gasteiger partial charge in [-0.3, -0.25) is 4.79 Å². The Kier molecular flexibility index (Phi) is 5.17. The first kappa shape index (κ1) is 17.2. The number of sulfonamides is 1. The molecule has 0 saturated carbocycles. The van der Waals surface area contributed by atoms with E-state index in [1.54, 1.807) is 6.92 Å². The quantitative estimate of drug-likeness (QED) is 0.855. The lowest BCUT2D eigenvalue weighted by Crippen LogP contribution is -2.26. The van der Waals surface area contributed by atoms with Crippen LogP contribution in [-0.4, -0.2) is 44.4 Å². The minimum atomic E-state index is -3.49. The highest BCUT2D eigenvalue weighted by molar-refractivity contribution is 7.89. The van der Waals surface area contributed by atoms with E-state index < -0.39 is 10.0 Å². The van der Waals surface area contributed by atoms with Crippen LogP contribution in [0.1, 0.15) is 21.8 Å². The second-order valence-electron chi connectivity index (χ2n) is 5.25. The molecular formula is C15H19N3O4S. The molecule has 0 aliphatic heterocycles. The highest BCUT2D eigenvalue weighted by Gasteiger charge is 2.17. The Balaban J connectivity index is 1.95. The molecule has 8 heteroatoms. The maximum Gasteiger partial charge on any atom is 0.251 e. The Bertz CT molecular complexity index is 779. The molecule has 0 saturated heterocycles. The number of hydrogen-bond acceptors (Lipinski definition) is 5. The van der Waals surface area contributed by atoms with Crippen LogP contribution in [0.3, 0.4) is 0 Å². The van der Waals surface area contributed by atoms with Crippen molar-refractivity contribution in [2.75, 3.05) is 20.6 Å². The van der Waals surface area contributed by atoms with Crippen LogP contribution in [0.15, 0.2) is 39.8 Å². The van der Waals surface area contributed by atoms with E-state index in [2.05, 4.69) is 10.5 Å². The molecular weight excluding hydrogens is 318 g/mol. The number of hydrogen-bond donors (Lipinski definition) is 1. The smallest absolute Gasteiger partial charge is 0.251 e. The van der Waals surface area contributed by atoms with E-state index in [0.717, 1.165) is 15.8 Å². The maximum atomic E-state index is 12.0. The first-order chi connectivity index (χ1) is 10.8. The first-order valence-corrected chi connectivity index (χ1v) is 8.47. The Morgan fingerprint density at radius 1 is 1.26 bits per heavy atom. The topological polar surface area (TPSA) is 92.5 Å². The third-order valence-corrected chi connectivity index (χ3v) is 5.07. The molecule has 7 nitrogen and oxygen atoms in total. The van der Waals surface area contributed by atoms with Gasteiger partial charge in [0.25, 0.3) is 5.91 Å². The number of nitrogens with one attached hydrogen (secondary N) is 1. The predicted octanol–water partition coefficient (Wildman–Crippen LogP) is 1.21. The Labute approximate surface area is 135 Å². The second kappa shape index (κ2) is 6.93. The molecule has 2 aromatic rings. The lowest BCUT2D eigenvalue weighted by atomic mass is 10.2. The number of rotatable bonds is 6. The molecule has 1 N–H and O–H groups in total. The molecule has 0 atom stereocenters. The van der Waals surface area contributed by atoms with Gasteiger partial charge in [-0.25, -0.2) is 12.7 Å². The fraction of sp³-hybridized carbons (Fsp3) is 0.333. The molecule has 124 valence electrons. The number of carbonyl (C=O) groups excluding carboxylic acids is 1. The zero-order valence-electron chi connectivity index (χ0n) is 13.2. The fourth-order valence-electron chi connectivity index (χ4n) is 1.93. The Morgan fingerprint density at radius 3 is 2.43 bits per heavy atom. The minimum absolute atomic E-state index is 0.150. The van der Waals surface area contributed by atoms with Crippen LogP contribution in [0.2, 0.25) is 0 Å². The van der Waals surface area contributed by atoms with Crippen molar-refractivity contribution in [2.45, 2.75) is 18.2 Å². The van der Waals surface area contributed by atoms with Gasteiger partial charge in [-0.1, -0.05) is 5.16 Å². The summed E-state index contributed by atoms with van der Waals surface area (Å²) in [7, 11) is -0.567. The van der Waals surface area contributed by atoms with Crippen LogP contribution in [0.5, 0.6) is 0 Å². The van der Waals surface area contributed by atoms with Gasteiger partial charge < -0.3 is 9.84 Å². The number of carbonyl (C=O) groups is 1. The summed E-state index contributed by atoms with van der Waals surface area (Å²) in [5, 5.41) is 6.60. The van der Waals surface area contributed by atoms with E-state index in [1.807, 2.05) is 6.07 Å². The van der Waals surface area contributed by atoms with Crippen LogP contribution in [-0.2, 0) is 16.4 Å². The number of amides is 1. The summed E-state index contributed by atoms with van der Waals surface area (Å²) in [6.45, 7) is 2.22. The summed E-state index contributed by atoms with van der Waals surface area (Å²) < 4.78 is 30.0. The standard InChI is InChI=1S/C15H19N3O4S/c1-11-10-13(17-22-11)8-9-16-15(19)12-4-6-14(7-5-12)23(20,21)18(2)3/h4-7,10H,8-9H2,1-3H3,(H,16,19). The van der Waals surface area contributed by atoms with Crippen LogP contribution >= 0.6 is 0 Å². The van der Waals surface area contributed by atoms with E-state index in [1.165, 1.54) is 38.4 Å². The van der Waals surface area contributed by atoms with Crippen molar-refractivity contribution in [2.24, 2.45) is 0 Å². The Morgan fingerprint density at radius 2 is 1.91 bits per heavy atom. The van der Waals surface area contributed by atoms with Crippen molar-refractivity contribution in [3.05, 3.63) is 47.3 Å². The third kappa shape index (κ3) is 4.17. The van der Waals surface area contributed by atoms with Gasteiger partial charge in [0.2, 0.25) is 10.0 Å². The SMILES string of the molecule is Cc1cc(CCNC(=O)c2ccc(S(=O)(=O)N(C)C)cc2)no1. The molecule has 0 aliphatic rings. The van der Waals surface area contributed by atoms with Crippen molar-refractivity contribution in [3.8, 4) is 0 Å². The summed E-state index contributed by atoms with van der Waals surface area (Å²) in [6, 6.07) is 7.64. The van der Waals surface area contributed by atoms with Gasteiger partial charge in [0.05, 0.1) is 10.6 Å². The third-order valence-electron chi connectivity index (χ3n) is 3.24. The normalized spacial score (nSPS) is 11.7. The molecule has 1 heterocycles. The Hall–Kier alpha value is -2.19. The van der Waals surface area contributed by atoms with Crippen molar-refractivity contribution in [1.29, 1.82) is 0 Å². The molecule has 23 heavy (non-hydrogen) atoms. The predicted molar refractivity (Wildman–Crippen MR) is 84.6 cm³/mol. The van der Waals surface area contributed by atoms with Crippen LogP contribution in [0.4, 0.5) is 0 Å². The van der Waals surface area contributed by atoms with Gasteiger partial charge in [-0.2, -0.15) is 0 Å². The van der Waals surface area contributed by atoms with Crippen molar-refractivity contribution in [1.82, 2.24) is 14.8 Å². The van der Waals surface area contributed by atoms with E-state index in [0.29, 0.717) is 18.5 Å². The average Bonchev–Trinajstić information content (AvgIpc) is 2.92. The molecule has 1 aromatic carbocycles. The summed E-state index contributed by atoms with van der Waals surface area (Å²) >= 11 is 0. The summed E-state index contributed by atoms with van der Waals surface area (Å²) in [5.74, 6) is 0.461. The highest BCUT2D eigenvalue weighted by Crippen LogP contribution is 2.14. The largest absolute Gasteiger partial charge is 0.361 e. The lowest BCUT2D eigenvalue weighted by molar-refractivity contribution is 0.0954. The van der Waals surface area contributed by atoms with Crippen LogP contribution in [0, 0.1) is 6.92 Å². The molecule has 0 bridgehead atoms. The molecule has 2 rings (SSSR count). The molecule has 0 fully saturated rings. The minimum Gasteiger partial charge on any atom is -0.361 e. The number of aromatic nitrogens is 1. The van der Waals surface area contributed by atoms with Gasteiger partial charge in [-0.15, -0.1) is 0 Å². The van der Waals surface area contributed by atoms with E-state index in [9.17, 15) is 13.2 Å². The van der Waals surface area contributed by atoms with E-state index in [4.69, 9.17) is 4.52 Å². The molecule has 1 aromatic heterocycles. The van der Waals surface area contributed by atoms with E-state index >= 15 is 0 Å². The zero-order chi connectivity index (χ0) is 17.0.